The van der Waals surface area contributed by atoms with Crippen molar-refractivity contribution in [2.45, 2.75) is 61.0 Å². The zero-order valence-electron chi connectivity index (χ0n) is 16.8. The summed E-state index contributed by atoms with van der Waals surface area (Å²) in [6, 6.07) is 0. The van der Waals surface area contributed by atoms with E-state index in [1.165, 1.54) is 0 Å². The van der Waals surface area contributed by atoms with Crippen LogP contribution in [0.4, 0.5) is 70.2 Å². The molecule has 23 heteroatoms. The van der Waals surface area contributed by atoms with Gasteiger partial charge in [-0.15, -0.1) is 0 Å². The first kappa shape index (κ1) is 34.7. The summed E-state index contributed by atoms with van der Waals surface area (Å²) in [4.78, 5) is 19.9. The van der Waals surface area contributed by atoms with Crippen molar-refractivity contribution in [1.29, 1.82) is 0 Å². The molecule has 0 aliphatic rings. The number of halogens is 16. The molecule has 0 amide bonds. The third kappa shape index (κ3) is 7.39. The maximum Gasteiger partial charge on any atom is 0.435 e. The monoisotopic (exact) mass is 594 g/mol. The van der Waals surface area contributed by atoms with Gasteiger partial charge in [-0.2, -0.15) is 70.2 Å². The Balaban J connectivity index is 5.15. The van der Waals surface area contributed by atoms with Crippen molar-refractivity contribution < 1.29 is 104 Å². The van der Waals surface area contributed by atoms with Gasteiger partial charge >= 0.3 is 60.1 Å². The lowest BCUT2D eigenvalue weighted by Gasteiger charge is -2.32. The standard InChI is InChI=1S/C14H10F16O7/c15-7(16,11(23,24)36-13(27,28)9(19,20)5(31)32)1-3-35-4-2-8(17,18)12(25,26)37-14(29,30)10(21,22)6(33)34/h1-4H2,(H,31,32)(H,33,34). The summed E-state index contributed by atoms with van der Waals surface area (Å²) in [5.74, 6) is -32.3. The second-order valence-corrected chi connectivity index (χ2v) is 6.55. The van der Waals surface area contributed by atoms with Gasteiger partial charge in [-0.3, -0.25) is 0 Å². The third-order valence-electron chi connectivity index (χ3n) is 3.75. The lowest BCUT2D eigenvalue weighted by atomic mass is 10.2. The third-order valence-corrected chi connectivity index (χ3v) is 3.75. The van der Waals surface area contributed by atoms with Crippen LogP contribution in [0.3, 0.4) is 0 Å². The fraction of sp³-hybridized carbons (Fsp3) is 0.857. The van der Waals surface area contributed by atoms with Gasteiger partial charge in [-0.1, -0.05) is 0 Å². The number of carboxylic acids is 2. The first-order chi connectivity index (χ1) is 16.0. The molecule has 0 spiro atoms. The quantitative estimate of drug-likeness (QED) is 0.194. The Hall–Kier alpha value is -2.30. The van der Waals surface area contributed by atoms with Gasteiger partial charge in [-0.25, -0.2) is 19.1 Å². The van der Waals surface area contributed by atoms with E-state index in [-0.39, 0.29) is 0 Å². The molecular weight excluding hydrogens is 584 g/mol. The van der Waals surface area contributed by atoms with E-state index in [2.05, 4.69) is 4.74 Å². The minimum Gasteiger partial charge on any atom is -0.477 e. The van der Waals surface area contributed by atoms with Crippen LogP contribution in [0.1, 0.15) is 12.8 Å². The van der Waals surface area contributed by atoms with Crippen molar-refractivity contribution in [2.24, 2.45) is 0 Å². The summed E-state index contributed by atoms with van der Waals surface area (Å²) in [5.41, 5.74) is 0. The second kappa shape index (κ2) is 10.5. The molecule has 0 aliphatic carbocycles. The number of alkyl halides is 16. The number of rotatable bonds is 16. The summed E-state index contributed by atoms with van der Waals surface area (Å²) in [6.45, 7) is -3.94. The Kier molecular flexibility index (Phi) is 9.81. The molecule has 0 rings (SSSR count). The number of hydrogen-bond acceptors (Lipinski definition) is 5. The molecule has 220 valence electrons. The summed E-state index contributed by atoms with van der Waals surface area (Å²) < 4.78 is 216. The van der Waals surface area contributed by atoms with Gasteiger partial charge in [0.2, 0.25) is 0 Å². The first-order valence-corrected chi connectivity index (χ1v) is 8.48. The first-order valence-electron chi connectivity index (χ1n) is 8.48. The van der Waals surface area contributed by atoms with Crippen LogP contribution in [0.2, 0.25) is 0 Å². The summed E-state index contributed by atoms with van der Waals surface area (Å²) in [6.07, 6.45) is -31.8. The molecule has 0 aromatic carbocycles. The van der Waals surface area contributed by atoms with Crippen molar-refractivity contribution in [2.75, 3.05) is 13.2 Å². The van der Waals surface area contributed by atoms with Gasteiger partial charge in [0.15, 0.2) is 0 Å². The smallest absolute Gasteiger partial charge is 0.435 e. The molecule has 0 atom stereocenters. The van der Waals surface area contributed by atoms with Gasteiger partial charge in [0.1, 0.15) is 0 Å². The maximum atomic E-state index is 13.4. The van der Waals surface area contributed by atoms with E-state index in [4.69, 9.17) is 10.2 Å². The van der Waals surface area contributed by atoms with E-state index in [0.717, 1.165) is 0 Å². The molecule has 0 saturated carbocycles. The van der Waals surface area contributed by atoms with Crippen LogP contribution >= 0.6 is 0 Å². The van der Waals surface area contributed by atoms with Crippen LogP contribution in [0, 0.1) is 0 Å². The molecule has 0 aliphatic heterocycles. The molecule has 0 bridgehead atoms. The molecule has 0 heterocycles. The van der Waals surface area contributed by atoms with E-state index >= 15 is 0 Å². The van der Waals surface area contributed by atoms with Crippen molar-refractivity contribution >= 4 is 11.9 Å². The zero-order chi connectivity index (χ0) is 30.1. The Morgan fingerprint density at radius 3 is 0.946 bits per heavy atom. The Labute approximate surface area is 191 Å². The topological polar surface area (TPSA) is 102 Å². The normalized spacial score (nSPS) is 15.1. The molecule has 0 aromatic heterocycles. The Morgan fingerprint density at radius 1 is 0.486 bits per heavy atom. The molecule has 0 saturated heterocycles. The summed E-state index contributed by atoms with van der Waals surface area (Å²) >= 11 is 0. The Morgan fingerprint density at radius 2 is 0.730 bits per heavy atom. The molecule has 0 fully saturated rings. The zero-order valence-corrected chi connectivity index (χ0v) is 16.8. The SMILES string of the molecule is O=C(O)C(F)(F)C(F)(F)OC(F)(F)C(F)(F)CCOCCC(F)(F)C(F)(F)OC(F)(F)C(F)(F)C(=O)O. The molecule has 7 nitrogen and oxygen atoms in total. The van der Waals surface area contributed by atoms with Crippen LogP contribution in [-0.2, 0) is 23.8 Å². The minimum atomic E-state index is -6.74. The highest BCUT2D eigenvalue weighted by Gasteiger charge is 2.73. The van der Waals surface area contributed by atoms with Crippen molar-refractivity contribution in [3.05, 3.63) is 0 Å². The van der Waals surface area contributed by atoms with Crippen LogP contribution in [0.15, 0.2) is 0 Å². The van der Waals surface area contributed by atoms with Crippen molar-refractivity contribution in [1.82, 2.24) is 0 Å². The molecule has 2 N–H and O–H groups in total. The maximum absolute atomic E-state index is 13.4. The minimum absolute atomic E-state index is 1.95. The van der Waals surface area contributed by atoms with Crippen LogP contribution in [-0.4, -0.2) is 83.5 Å². The number of ether oxygens (including phenoxy) is 3. The van der Waals surface area contributed by atoms with Crippen molar-refractivity contribution in [3.8, 4) is 0 Å². The fourth-order valence-corrected chi connectivity index (χ4v) is 1.64. The Bertz CT molecular complexity index is 763. The van der Waals surface area contributed by atoms with Crippen LogP contribution in [0.5, 0.6) is 0 Å². The van der Waals surface area contributed by atoms with Gasteiger partial charge in [-0.05, 0) is 0 Å². The number of carboxylic acid groups (broad SMARTS) is 2. The van der Waals surface area contributed by atoms with Crippen LogP contribution in [0.25, 0.3) is 0 Å². The van der Waals surface area contributed by atoms with E-state index in [9.17, 15) is 79.8 Å². The number of carbonyl (C=O) groups is 2. The highest BCUT2D eigenvalue weighted by molar-refractivity contribution is 5.76. The number of hydrogen-bond donors (Lipinski definition) is 2. The lowest BCUT2D eigenvalue weighted by Crippen LogP contribution is -2.56. The summed E-state index contributed by atoms with van der Waals surface area (Å²) in [7, 11) is 0. The van der Waals surface area contributed by atoms with Crippen LogP contribution < -0.4 is 0 Å². The molecule has 37 heavy (non-hydrogen) atoms. The van der Waals surface area contributed by atoms with Crippen molar-refractivity contribution in [3.63, 3.8) is 0 Å². The average Bonchev–Trinajstić information content (AvgIpc) is 2.64. The number of aliphatic carboxylic acids is 2. The van der Waals surface area contributed by atoms with E-state index in [1.807, 2.05) is 9.47 Å². The summed E-state index contributed by atoms with van der Waals surface area (Å²) in [5, 5.41) is 15.7. The predicted octanol–water partition coefficient (Wildman–Crippen LogP) is 4.90. The second-order valence-electron chi connectivity index (χ2n) is 6.55. The molecule has 0 aromatic rings. The highest BCUT2D eigenvalue weighted by Crippen LogP contribution is 2.47. The van der Waals surface area contributed by atoms with Gasteiger partial charge in [0.05, 0.1) is 13.2 Å². The average molecular weight is 594 g/mol. The molecule has 0 radical (unpaired) electrons. The van der Waals surface area contributed by atoms with E-state index < -0.39 is 86.1 Å². The predicted molar refractivity (Wildman–Crippen MR) is 77.1 cm³/mol. The van der Waals surface area contributed by atoms with Gasteiger partial charge < -0.3 is 14.9 Å². The lowest BCUT2D eigenvalue weighted by molar-refractivity contribution is -0.463. The van der Waals surface area contributed by atoms with E-state index in [1.54, 1.807) is 0 Å². The van der Waals surface area contributed by atoms with E-state index in [0.29, 0.717) is 0 Å². The van der Waals surface area contributed by atoms with Gasteiger partial charge in [0, 0.05) is 12.8 Å². The largest absolute Gasteiger partial charge is 0.477 e. The molecular formula is C14H10F16O7. The highest BCUT2D eigenvalue weighted by atomic mass is 19.4. The fourth-order valence-electron chi connectivity index (χ4n) is 1.64. The molecule has 0 unspecified atom stereocenters. The van der Waals surface area contributed by atoms with Gasteiger partial charge in [0.25, 0.3) is 0 Å².